The van der Waals surface area contributed by atoms with Crippen LogP contribution in [0.15, 0.2) is 42.5 Å². The minimum atomic E-state index is -3.11. The summed E-state index contributed by atoms with van der Waals surface area (Å²) in [5.74, 6) is -3.77. The lowest BCUT2D eigenvalue weighted by molar-refractivity contribution is -0.142. The van der Waals surface area contributed by atoms with Gasteiger partial charge in [-0.05, 0) is 24.3 Å². The third-order valence-electron chi connectivity index (χ3n) is 3.38. The quantitative estimate of drug-likeness (QED) is 0.405. The number of carbonyl (C=O) groups excluding carboxylic acids is 2. The smallest absolute Gasteiger partial charge is 0.387 e. The second-order valence-corrected chi connectivity index (χ2v) is 5.37. The number of anilines is 1. The number of alkyl halides is 2. The number of methoxy groups -OCH3 is 1. The molecule has 1 N–H and O–H groups in total. The summed E-state index contributed by atoms with van der Waals surface area (Å²) in [5.41, 5.74) is -0.306. The van der Waals surface area contributed by atoms with Gasteiger partial charge in [0.2, 0.25) is 0 Å². The molecule has 154 valence electrons. The van der Waals surface area contributed by atoms with E-state index in [0.717, 1.165) is 30.4 Å². The molecule has 0 aliphatic rings. The lowest BCUT2D eigenvalue weighted by Crippen LogP contribution is -2.20. The van der Waals surface area contributed by atoms with E-state index in [1.54, 1.807) is 0 Å². The molecular formula is C19H15F4NO5. The highest BCUT2D eigenvalue weighted by Crippen LogP contribution is 2.33. The molecule has 0 spiro atoms. The van der Waals surface area contributed by atoms with E-state index >= 15 is 0 Å². The predicted octanol–water partition coefficient (Wildman–Crippen LogP) is 3.77. The van der Waals surface area contributed by atoms with Gasteiger partial charge in [0.05, 0.1) is 12.8 Å². The van der Waals surface area contributed by atoms with Crippen LogP contribution in [0, 0.1) is 11.6 Å². The molecule has 0 unspecified atom stereocenters. The molecule has 0 saturated heterocycles. The maximum Gasteiger partial charge on any atom is 0.387 e. The van der Waals surface area contributed by atoms with E-state index < -0.39 is 42.4 Å². The summed E-state index contributed by atoms with van der Waals surface area (Å²) in [5, 5.41) is 2.05. The van der Waals surface area contributed by atoms with Gasteiger partial charge in [-0.2, -0.15) is 8.78 Å². The molecule has 10 heteroatoms. The van der Waals surface area contributed by atoms with Crippen LogP contribution in [0.25, 0.3) is 6.08 Å². The molecule has 0 aliphatic heterocycles. The highest BCUT2D eigenvalue weighted by atomic mass is 19.3. The molecule has 29 heavy (non-hydrogen) atoms. The van der Waals surface area contributed by atoms with Crippen molar-refractivity contribution >= 4 is 23.6 Å². The van der Waals surface area contributed by atoms with Gasteiger partial charge in [0, 0.05) is 17.7 Å². The maximum absolute atomic E-state index is 13.5. The summed E-state index contributed by atoms with van der Waals surface area (Å²) in [7, 11) is 1.26. The standard InChI is InChI=1S/C19H15F4NO5/c1-27-15-4-2-3-11(18(15)29-19(22)23)5-8-17(26)28-10-16(25)24-14-9-12(20)6-7-13(14)21/h2-9,19H,10H2,1H3,(H,24,25)/b8-5+. The number of nitrogens with one attached hydrogen (secondary N) is 1. The summed E-state index contributed by atoms with van der Waals surface area (Å²) in [6, 6.07) is 6.74. The molecule has 0 fully saturated rings. The van der Waals surface area contributed by atoms with Gasteiger partial charge in [-0.15, -0.1) is 0 Å². The van der Waals surface area contributed by atoms with Gasteiger partial charge >= 0.3 is 12.6 Å². The van der Waals surface area contributed by atoms with Crippen molar-refractivity contribution in [3.8, 4) is 11.5 Å². The minimum absolute atomic E-state index is 0.0253. The lowest BCUT2D eigenvalue weighted by Gasteiger charge is -2.12. The number of carbonyl (C=O) groups is 2. The van der Waals surface area contributed by atoms with Crippen LogP contribution in [0.1, 0.15) is 5.56 Å². The van der Waals surface area contributed by atoms with Gasteiger partial charge in [0.25, 0.3) is 5.91 Å². The van der Waals surface area contributed by atoms with Crippen molar-refractivity contribution in [2.45, 2.75) is 6.61 Å². The number of ether oxygens (including phenoxy) is 3. The van der Waals surface area contributed by atoms with E-state index in [9.17, 15) is 27.2 Å². The highest BCUT2D eigenvalue weighted by molar-refractivity contribution is 5.94. The van der Waals surface area contributed by atoms with Gasteiger partial charge < -0.3 is 19.5 Å². The first-order valence-electron chi connectivity index (χ1n) is 8.01. The number of hydrogen-bond donors (Lipinski definition) is 1. The number of amides is 1. The highest BCUT2D eigenvalue weighted by Gasteiger charge is 2.14. The largest absolute Gasteiger partial charge is 0.493 e. The molecule has 0 saturated carbocycles. The molecule has 0 aliphatic carbocycles. The Morgan fingerprint density at radius 3 is 2.62 bits per heavy atom. The summed E-state index contributed by atoms with van der Waals surface area (Å²) in [6.45, 7) is -3.89. The number of esters is 1. The van der Waals surface area contributed by atoms with Crippen LogP contribution in [-0.2, 0) is 14.3 Å². The van der Waals surface area contributed by atoms with Gasteiger partial charge in [-0.1, -0.05) is 12.1 Å². The maximum atomic E-state index is 13.5. The summed E-state index contributed by atoms with van der Waals surface area (Å²) in [6.07, 6.45) is 2.01. The lowest BCUT2D eigenvalue weighted by atomic mass is 10.1. The van der Waals surface area contributed by atoms with Crippen molar-refractivity contribution in [1.29, 1.82) is 0 Å². The molecule has 6 nitrogen and oxygen atoms in total. The fourth-order valence-corrected chi connectivity index (χ4v) is 2.16. The van der Waals surface area contributed by atoms with Crippen molar-refractivity contribution in [2.75, 3.05) is 19.0 Å². The number of halogens is 4. The van der Waals surface area contributed by atoms with Crippen LogP contribution in [-0.4, -0.2) is 32.2 Å². The molecule has 0 heterocycles. The zero-order valence-electron chi connectivity index (χ0n) is 15.0. The Hall–Kier alpha value is -3.56. The van der Waals surface area contributed by atoms with Crippen LogP contribution in [0.4, 0.5) is 23.2 Å². The van der Waals surface area contributed by atoms with Crippen LogP contribution in [0.5, 0.6) is 11.5 Å². The number of hydrogen-bond acceptors (Lipinski definition) is 5. The average Bonchev–Trinajstić information content (AvgIpc) is 2.68. The van der Waals surface area contributed by atoms with Gasteiger partial charge in [-0.3, -0.25) is 4.79 Å². The second-order valence-electron chi connectivity index (χ2n) is 5.37. The molecule has 1 amide bonds. The van der Waals surface area contributed by atoms with E-state index in [1.165, 1.54) is 25.3 Å². The molecule has 0 radical (unpaired) electrons. The zero-order valence-corrected chi connectivity index (χ0v) is 15.0. The van der Waals surface area contributed by atoms with E-state index in [-0.39, 0.29) is 17.1 Å². The fourth-order valence-electron chi connectivity index (χ4n) is 2.16. The topological polar surface area (TPSA) is 73.9 Å². The van der Waals surface area contributed by atoms with E-state index in [4.69, 9.17) is 4.74 Å². The number of rotatable bonds is 8. The van der Waals surface area contributed by atoms with Crippen LogP contribution >= 0.6 is 0 Å². The molecule has 2 rings (SSSR count). The van der Waals surface area contributed by atoms with Gasteiger partial charge in [-0.25, -0.2) is 13.6 Å². The Bertz CT molecular complexity index is 917. The number of para-hydroxylation sites is 1. The molecule has 0 aromatic heterocycles. The zero-order chi connectivity index (χ0) is 21.4. The number of benzene rings is 2. The van der Waals surface area contributed by atoms with Crippen LogP contribution in [0.2, 0.25) is 0 Å². The Balaban J connectivity index is 1.98. The Morgan fingerprint density at radius 2 is 1.93 bits per heavy atom. The molecular weight excluding hydrogens is 398 g/mol. The van der Waals surface area contributed by atoms with Crippen molar-refractivity contribution in [2.24, 2.45) is 0 Å². The second kappa shape index (κ2) is 10.1. The van der Waals surface area contributed by atoms with Gasteiger partial charge in [0.1, 0.15) is 11.6 Å². The third kappa shape index (κ3) is 6.52. The summed E-state index contributed by atoms with van der Waals surface area (Å²) >= 11 is 0. The first-order valence-corrected chi connectivity index (χ1v) is 8.01. The van der Waals surface area contributed by atoms with Crippen molar-refractivity contribution in [3.63, 3.8) is 0 Å². The van der Waals surface area contributed by atoms with E-state index in [2.05, 4.69) is 14.8 Å². The summed E-state index contributed by atoms with van der Waals surface area (Å²) in [4.78, 5) is 23.4. The van der Waals surface area contributed by atoms with E-state index in [0.29, 0.717) is 0 Å². The van der Waals surface area contributed by atoms with Crippen molar-refractivity contribution < 1.29 is 41.4 Å². The van der Waals surface area contributed by atoms with Crippen LogP contribution < -0.4 is 14.8 Å². The fraction of sp³-hybridized carbons (Fsp3) is 0.158. The normalized spacial score (nSPS) is 10.8. The van der Waals surface area contributed by atoms with E-state index in [1.807, 2.05) is 0 Å². The molecule has 0 bridgehead atoms. The minimum Gasteiger partial charge on any atom is -0.493 e. The third-order valence-corrected chi connectivity index (χ3v) is 3.38. The van der Waals surface area contributed by atoms with Gasteiger partial charge in [0.15, 0.2) is 18.1 Å². The van der Waals surface area contributed by atoms with Crippen molar-refractivity contribution in [3.05, 3.63) is 59.7 Å². The SMILES string of the molecule is COc1cccc(/C=C/C(=O)OCC(=O)Nc2cc(F)ccc2F)c1OC(F)F. The molecule has 2 aromatic carbocycles. The Kier molecular flexibility index (Phi) is 7.58. The monoisotopic (exact) mass is 413 g/mol. The van der Waals surface area contributed by atoms with Crippen molar-refractivity contribution in [1.82, 2.24) is 0 Å². The molecule has 2 aromatic rings. The average molecular weight is 413 g/mol. The first kappa shape index (κ1) is 21.7. The Labute approximate surface area is 162 Å². The predicted molar refractivity (Wildman–Crippen MR) is 94.6 cm³/mol. The molecule has 0 atom stereocenters. The summed E-state index contributed by atoms with van der Waals surface area (Å²) < 4.78 is 65.6. The first-order chi connectivity index (χ1) is 13.8. The van der Waals surface area contributed by atoms with Crippen LogP contribution in [0.3, 0.4) is 0 Å². The Morgan fingerprint density at radius 1 is 1.17 bits per heavy atom.